The molecule has 0 spiro atoms. The molecule has 5 nitrogen and oxygen atoms in total. The zero-order valence-corrected chi connectivity index (χ0v) is 10.2. The Bertz CT molecular complexity index is 506. The molecule has 1 unspecified atom stereocenters. The fourth-order valence-corrected chi connectivity index (χ4v) is 2.00. The molecular formula is C13H13NO4. The fraction of sp³-hybridized carbons (Fsp3) is 0.308. The molecule has 94 valence electrons. The first kappa shape index (κ1) is 12.3. The Morgan fingerprint density at radius 3 is 2.33 bits per heavy atom. The molecule has 0 aliphatic carbocycles. The number of anilines is 1. The highest BCUT2D eigenvalue weighted by molar-refractivity contribution is 6.28. The number of hydrogen-bond acceptors (Lipinski definition) is 4. The van der Waals surface area contributed by atoms with E-state index in [-0.39, 0.29) is 12.3 Å². The first-order valence-electron chi connectivity index (χ1n) is 5.53. The van der Waals surface area contributed by atoms with Crippen LogP contribution < -0.4 is 9.64 Å². The number of rotatable bonds is 3. The monoisotopic (exact) mass is 247 g/mol. The number of ether oxygens (including phenoxy) is 1. The quantitative estimate of drug-likeness (QED) is 0.742. The molecule has 0 bridgehead atoms. The summed E-state index contributed by atoms with van der Waals surface area (Å²) >= 11 is 0. The molecule has 1 amide bonds. The van der Waals surface area contributed by atoms with E-state index in [1.165, 1.54) is 11.8 Å². The van der Waals surface area contributed by atoms with Crippen LogP contribution in [0.15, 0.2) is 24.3 Å². The second kappa shape index (κ2) is 4.60. The van der Waals surface area contributed by atoms with Gasteiger partial charge in [0.2, 0.25) is 5.91 Å². The predicted molar refractivity (Wildman–Crippen MR) is 64.5 cm³/mol. The van der Waals surface area contributed by atoms with E-state index in [2.05, 4.69) is 0 Å². The van der Waals surface area contributed by atoms with Crippen molar-refractivity contribution < 1.29 is 19.1 Å². The van der Waals surface area contributed by atoms with Crippen LogP contribution in [0.2, 0.25) is 0 Å². The number of benzene rings is 1. The second-order valence-corrected chi connectivity index (χ2v) is 4.13. The predicted octanol–water partition coefficient (Wildman–Crippen LogP) is 0.816. The largest absolute Gasteiger partial charge is 0.497 e. The Kier molecular flexibility index (Phi) is 3.14. The summed E-state index contributed by atoms with van der Waals surface area (Å²) in [4.78, 5) is 36.2. The maximum absolute atomic E-state index is 12.0. The summed E-state index contributed by atoms with van der Waals surface area (Å²) in [6.07, 6.45) is 0. The van der Waals surface area contributed by atoms with Gasteiger partial charge >= 0.3 is 0 Å². The van der Waals surface area contributed by atoms with Crippen molar-refractivity contribution in [2.24, 2.45) is 5.92 Å². The highest BCUT2D eigenvalue weighted by Gasteiger charge is 2.42. The first-order valence-corrected chi connectivity index (χ1v) is 5.53. The molecule has 0 N–H and O–H groups in total. The van der Waals surface area contributed by atoms with Gasteiger partial charge in [-0.25, -0.2) is 0 Å². The average molecular weight is 247 g/mol. The van der Waals surface area contributed by atoms with Gasteiger partial charge in [0.1, 0.15) is 11.5 Å². The van der Waals surface area contributed by atoms with Crippen LogP contribution in [0.5, 0.6) is 5.75 Å². The maximum atomic E-state index is 12.0. The SMILES string of the molecule is COc1ccc(N2CC(=O)C(C(C)=O)C2=O)cc1. The van der Waals surface area contributed by atoms with Gasteiger partial charge in [-0.3, -0.25) is 14.4 Å². The number of carbonyl (C=O) groups is 3. The van der Waals surface area contributed by atoms with Gasteiger partial charge in [-0.2, -0.15) is 0 Å². The zero-order valence-electron chi connectivity index (χ0n) is 10.2. The highest BCUT2D eigenvalue weighted by Crippen LogP contribution is 2.25. The van der Waals surface area contributed by atoms with E-state index in [0.29, 0.717) is 11.4 Å². The van der Waals surface area contributed by atoms with Crippen molar-refractivity contribution in [3.8, 4) is 5.75 Å². The van der Waals surface area contributed by atoms with Crippen LogP contribution in [0.3, 0.4) is 0 Å². The first-order chi connectivity index (χ1) is 8.54. The van der Waals surface area contributed by atoms with Gasteiger partial charge in [-0.05, 0) is 31.2 Å². The lowest BCUT2D eigenvalue weighted by molar-refractivity contribution is -0.134. The zero-order chi connectivity index (χ0) is 13.3. The molecule has 1 saturated heterocycles. The van der Waals surface area contributed by atoms with Crippen molar-refractivity contribution in [2.75, 3.05) is 18.6 Å². The van der Waals surface area contributed by atoms with Gasteiger partial charge < -0.3 is 9.64 Å². The molecule has 0 radical (unpaired) electrons. The normalized spacial score (nSPS) is 19.2. The second-order valence-electron chi connectivity index (χ2n) is 4.13. The molecule has 0 saturated carbocycles. The molecule has 2 rings (SSSR count). The van der Waals surface area contributed by atoms with E-state index in [0.717, 1.165) is 0 Å². The number of amides is 1. The van der Waals surface area contributed by atoms with E-state index in [1.807, 2.05) is 0 Å². The molecule has 1 aliphatic heterocycles. The van der Waals surface area contributed by atoms with Crippen LogP contribution in [0.4, 0.5) is 5.69 Å². The van der Waals surface area contributed by atoms with E-state index >= 15 is 0 Å². The third-order valence-electron chi connectivity index (χ3n) is 2.94. The molecule has 1 heterocycles. The molecule has 1 fully saturated rings. The Labute approximate surface area is 104 Å². The van der Waals surface area contributed by atoms with Gasteiger partial charge in [0.15, 0.2) is 11.7 Å². The van der Waals surface area contributed by atoms with Gasteiger partial charge in [0.25, 0.3) is 0 Å². The smallest absolute Gasteiger partial charge is 0.245 e. The van der Waals surface area contributed by atoms with Crippen LogP contribution in [0.1, 0.15) is 6.92 Å². The Morgan fingerprint density at radius 2 is 1.89 bits per heavy atom. The summed E-state index contributed by atoms with van der Waals surface area (Å²) in [6.45, 7) is 1.22. The van der Waals surface area contributed by atoms with E-state index in [1.54, 1.807) is 31.4 Å². The van der Waals surface area contributed by atoms with E-state index in [4.69, 9.17) is 4.74 Å². The number of ketones is 2. The average Bonchev–Trinajstić information content (AvgIpc) is 2.65. The number of methoxy groups -OCH3 is 1. The Morgan fingerprint density at radius 1 is 1.28 bits per heavy atom. The number of nitrogens with zero attached hydrogens (tertiary/aromatic N) is 1. The Hall–Kier alpha value is -2.17. The standard InChI is InChI=1S/C13H13NO4/c1-8(15)12-11(16)7-14(13(12)17)9-3-5-10(18-2)6-4-9/h3-6,12H,7H2,1-2H3. The summed E-state index contributed by atoms with van der Waals surface area (Å²) in [5.74, 6) is -1.66. The Balaban J connectivity index is 2.27. The summed E-state index contributed by atoms with van der Waals surface area (Å²) in [5.41, 5.74) is 0.595. The maximum Gasteiger partial charge on any atom is 0.245 e. The van der Waals surface area contributed by atoms with Gasteiger partial charge in [-0.1, -0.05) is 0 Å². The molecule has 1 aliphatic rings. The van der Waals surface area contributed by atoms with Crippen LogP contribution in [0, 0.1) is 5.92 Å². The summed E-state index contributed by atoms with van der Waals surface area (Å²) in [5, 5.41) is 0. The van der Waals surface area contributed by atoms with Gasteiger partial charge in [-0.15, -0.1) is 0 Å². The molecule has 1 aromatic rings. The molecular weight excluding hydrogens is 234 g/mol. The van der Waals surface area contributed by atoms with Crippen molar-refractivity contribution in [1.82, 2.24) is 0 Å². The third kappa shape index (κ3) is 1.99. The molecule has 18 heavy (non-hydrogen) atoms. The molecule has 5 heteroatoms. The van der Waals surface area contributed by atoms with Crippen LogP contribution in [0.25, 0.3) is 0 Å². The fourth-order valence-electron chi connectivity index (χ4n) is 2.00. The van der Waals surface area contributed by atoms with Gasteiger partial charge in [0.05, 0.1) is 13.7 Å². The number of carbonyl (C=O) groups excluding carboxylic acids is 3. The molecule has 1 aromatic carbocycles. The molecule has 0 aromatic heterocycles. The minimum Gasteiger partial charge on any atom is -0.497 e. The van der Waals surface area contributed by atoms with Crippen LogP contribution >= 0.6 is 0 Å². The topological polar surface area (TPSA) is 63.7 Å². The van der Waals surface area contributed by atoms with Crippen molar-refractivity contribution in [3.05, 3.63) is 24.3 Å². The lowest BCUT2D eigenvalue weighted by Crippen LogP contribution is -2.29. The minimum atomic E-state index is -1.13. The lowest BCUT2D eigenvalue weighted by Gasteiger charge is -2.15. The van der Waals surface area contributed by atoms with Crippen molar-refractivity contribution in [2.45, 2.75) is 6.92 Å². The highest BCUT2D eigenvalue weighted by atomic mass is 16.5. The van der Waals surface area contributed by atoms with Crippen molar-refractivity contribution in [3.63, 3.8) is 0 Å². The van der Waals surface area contributed by atoms with Crippen LogP contribution in [-0.4, -0.2) is 31.1 Å². The molecule has 1 atom stereocenters. The van der Waals surface area contributed by atoms with Gasteiger partial charge in [0, 0.05) is 5.69 Å². The summed E-state index contributed by atoms with van der Waals surface area (Å²) in [6, 6.07) is 6.78. The third-order valence-corrected chi connectivity index (χ3v) is 2.94. The minimum absolute atomic E-state index is 0.0462. The van der Waals surface area contributed by atoms with E-state index in [9.17, 15) is 14.4 Å². The van der Waals surface area contributed by atoms with Crippen molar-refractivity contribution >= 4 is 23.2 Å². The van der Waals surface area contributed by atoms with Crippen molar-refractivity contribution in [1.29, 1.82) is 0 Å². The summed E-state index contributed by atoms with van der Waals surface area (Å²) in [7, 11) is 1.55. The van der Waals surface area contributed by atoms with E-state index < -0.39 is 17.6 Å². The number of hydrogen-bond donors (Lipinski definition) is 0. The number of Topliss-reactive ketones (excluding diaryl/α,β-unsaturated/α-hetero) is 2. The lowest BCUT2D eigenvalue weighted by atomic mass is 10.0. The van der Waals surface area contributed by atoms with Crippen LogP contribution in [-0.2, 0) is 14.4 Å². The summed E-state index contributed by atoms with van der Waals surface area (Å²) < 4.78 is 5.01.